The van der Waals surface area contributed by atoms with Gasteiger partial charge in [0.25, 0.3) is 0 Å². The second-order valence-corrected chi connectivity index (χ2v) is 10.0. The summed E-state index contributed by atoms with van der Waals surface area (Å²) in [5, 5.41) is 15.9. The van der Waals surface area contributed by atoms with Crippen LogP contribution < -0.4 is 15.1 Å². The van der Waals surface area contributed by atoms with Gasteiger partial charge in [-0.15, -0.1) is 0 Å². The molecule has 2 aromatic rings. The van der Waals surface area contributed by atoms with Crippen LogP contribution in [0, 0.1) is 6.92 Å². The van der Waals surface area contributed by atoms with Gasteiger partial charge in [-0.2, -0.15) is 0 Å². The highest BCUT2D eigenvalue weighted by Gasteiger charge is 2.38. The molecule has 2 aliphatic heterocycles. The molecule has 0 radical (unpaired) electrons. The molecule has 3 unspecified atom stereocenters. The Hall–Kier alpha value is -1.40. The minimum atomic E-state index is -0.255. The van der Waals surface area contributed by atoms with Crippen LogP contribution in [-0.4, -0.2) is 55.2 Å². The molecule has 5 rings (SSSR count). The Kier molecular flexibility index (Phi) is 6.15. The molecule has 1 aromatic carbocycles. The van der Waals surface area contributed by atoms with E-state index in [1.165, 1.54) is 74.5 Å². The lowest BCUT2D eigenvalue weighted by Crippen LogP contribution is -3.15. The molecule has 1 fully saturated rings. The molecule has 0 saturated carbocycles. The standard InChI is InChI=1S/C25H38N4O/c1-19-9-10-23-22(15-19)21-7-6-8-24-25(21)29(23)14-13-28(24)17-20(30)16-26-18-27-11-4-2-3-5-12-27/h9-10,15,20,24,26,30H,2-8,11-14,16-18H2,1H3/p+2. The number of aryl methyl sites for hydroxylation is 2. The van der Waals surface area contributed by atoms with Crippen molar-refractivity contribution >= 4 is 10.9 Å². The van der Waals surface area contributed by atoms with Gasteiger partial charge in [-0.3, -0.25) is 5.32 Å². The fourth-order valence-corrected chi connectivity index (χ4v) is 6.35. The van der Waals surface area contributed by atoms with Crippen molar-refractivity contribution in [3.63, 3.8) is 0 Å². The average molecular weight is 413 g/mol. The lowest BCUT2D eigenvalue weighted by atomic mass is 9.89. The minimum Gasteiger partial charge on any atom is -0.386 e. The Bertz CT molecular complexity index is 868. The van der Waals surface area contributed by atoms with E-state index in [0.29, 0.717) is 6.04 Å². The first-order valence-corrected chi connectivity index (χ1v) is 12.4. The molecule has 3 heterocycles. The van der Waals surface area contributed by atoms with E-state index >= 15 is 0 Å². The molecule has 4 N–H and O–H groups in total. The van der Waals surface area contributed by atoms with Crippen LogP contribution in [0.1, 0.15) is 61.4 Å². The van der Waals surface area contributed by atoms with Crippen molar-refractivity contribution in [3.05, 3.63) is 35.0 Å². The lowest BCUT2D eigenvalue weighted by Gasteiger charge is -2.38. The van der Waals surface area contributed by atoms with E-state index in [0.717, 1.165) is 32.8 Å². The van der Waals surface area contributed by atoms with Crippen molar-refractivity contribution in [2.75, 3.05) is 39.4 Å². The van der Waals surface area contributed by atoms with Gasteiger partial charge in [-0.05, 0) is 63.1 Å². The van der Waals surface area contributed by atoms with Crippen molar-refractivity contribution in [3.8, 4) is 0 Å². The second-order valence-electron chi connectivity index (χ2n) is 10.0. The molecule has 164 valence electrons. The van der Waals surface area contributed by atoms with Crippen LogP contribution >= 0.6 is 0 Å². The molecule has 3 atom stereocenters. The van der Waals surface area contributed by atoms with Gasteiger partial charge in [-0.1, -0.05) is 11.6 Å². The fourth-order valence-electron chi connectivity index (χ4n) is 6.35. The third kappa shape index (κ3) is 4.05. The average Bonchev–Trinajstić information content (AvgIpc) is 2.90. The molecule has 1 aromatic heterocycles. The Morgan fingerprint density at radius 1 is 1.13 bits per heavy atom. The second kappa shape index (κ2) is 8.99. The number of hydrogen-bond acceptors (Lipinski definition) is 2. The van der Waals surface area contributed by atoms with Crippen LogP contribution in [0.2, 0.25) is 0 Å². The number of aromatic nitrogens is 1. The van der Waals surface area contributed by atoms with Crippen molar-refractivity contribution in [2.24, 2.45) is 0 Å². The molecule has 1 saturated heterocycles. The largest absolute Gasteiger partial charge is 0.386 e. The maximum Gasteiger partial charge on any atom is 0.131 e. The van der Waals surface area contributed by atoms with Crippen molar-refractivity contribution in [2.45, 2.75) is 70.6 Å². The Morgan fingerprint density at radius 2 is 1.97 bits per heavy atom. The summed E-state index contributed by atoms with van der Waals surface area (Å²) in [6.45, 7) is 9.60. The third-order valence-corrected chi connectivity index (χ3v) is 7.83. The smallest absolute Gasteiger partial charge is 0.131 e. The zero-order chi connectivity index (χ0) is 20.5. The minimum absolute atomic E-state index is 0.255. The van der Waals surface area contributed by atoms with E-state index < -0.39 is 0 Å². The van der Waals surface area contributed by atoms with Gasteiger partial charge in [0, 0.05) is 23.9 Å². The number of aliphatic hydroxyl groups excluding tert-OH is 1. The molecule has 3 aliphatic rings. The molecule has 1 aliphatic carbocycles. The van der Waals surface area contributed by atoms with Crippen LogP contribution in [0.15, 0.2) is 18.2 Å². The summed E-state index contributed by atoms with van der Waals surface area (Å²) in [4.78, 5) is 3.26. The zero-order valence-corrected chi connectivity index (χ0v) is 18.7. The molecule has 5 nitrogen and oxygen atoms in total. The SMILES string of the molecule is Cc1ccc2c(c1)c1c3n2CC[NH+](CC(O)CNC[NH+]2CCCCCC2)C3CCC1. The molecule has 5 heteroatoms. The number of benzene rings is 1. The number of quaternary nitrogens is 2. The van der Waals surface area contributed by atoms with Crippen LogP contribution in [0.5, 0.6) is 0 Å². The number of fused-ring (bicyclic) bond motifs is 3. The van der Waals surface area contributed by atoms with Gasteiger partial charge < -0.3 is 19.5 Å². The van der Waals surface area contributed by atoms with Crippen LogP contribution in [0.4, 0.5) is 0 Å². The summed E-state index contributed by atoms with van der Waals surface area (Å²) in [5.41, 5.74) is 5.97. The molecule has 0 bridgehead atoms. The molecule has 0 spiro atoms. The van der Waals surface area contributed by atoms with E-state index in [1.807, 2.05) is 0 Å². The van der Waals surface area contributed by atoms with Crippen LogP contribution in [-0.2, 0) is 13.0 Å². The van der Waals surface area contributed by atoms with E-state index in [9.17, 15) is 5.11 Å². The van der Waals surface area contributed by atoms with E-state index in [4.69, 9.17) is 0 Å². The predicted molar refractivity (Wildman–Crippen MR) is 121 cm³/mol. The lowest BCUT2D eigenvalue weighted by molar-refractivity contribution is -0.939. The van der Waals surface area contributed by atoms with Crippen LogP contribution in [0.25, 0.3) is 10.9 Å². The summed E-state index contributed by atoms with van der Waals surface area (Å²) < 4.78 is 2.60. The fraction of sp³-hybridized carbons (Fsp3) is 0.680. The van der Waals surface area contributed by atoms with E-state index in [2.05, 4.69) is 35.0 Å². The topological polar surface area (TPSA) is 46.1 Å². The summed E-state index contributed by atoms with van der Waals surface area (Å²) in [7, 11) is 0. The van der Waals surface area contributed by atoms with Gasteiger partial charge >= 0.3 is 0 Å². The van der Waals surface area contributed by atoms with E-state index in [1.54, 1.807) is 21.1 Å². The first-order chi connectivity index (χ1) is 14.7. The van der Waals surface area contributed by atoms with Crippen molar-refractivity contribution in [1.82, 2.24) is 9.88 Å². The number of rotatable bonds is 6. The predicted octanol–water partition coefficient (Wildman–Crippen LogP) is 0.593. The normalized spacial score (nSPS) is 25.8. The maximum atomic E-state index is 10.8. The number of likely N-dealkylation sites (tertiary alicyclic amines) is 1. The summed E-state index contributed by atoms with van der Waals surface area (Å²) >= 11 is 0. The quantitative estimate of drug-likeness (QED) is 0.561. The Morgan fingerprint density at radius 3 is 2.80 bits per heavy atom. The first-order valence-electron chi connectivity index (χ1n) is 12.4. The summed E-state index contributed by atoms with van der Waals surface area (Å²) in [6.07, 6.45) is 9.00. The molecule has 30 heavy (non-hydrogen) atoms. The highest BCUT2D eigenvalue weighted by Crippen LogP contribution is 2.37. The molecular weight excluding hydrogens is 372 g/mol. The highest BCUT2D eigenvalue weighted by atomic mass is 16.3. The highest BCUT2D eigenvalue weighted by molar-refractivity contribution is 5.86. The van der Waals surface area contributed by atoms with Crippen molar-refractivity contribution < 1.29 is 14.9 Å². The monoisotopic (exact) mass is 412 g/mol. The summed E-state index contributed by atoms with van der Waals surface area (Å²) in [5.74, 6) is 0. The van der Waals surface area contributed by atoms with Gasteiger partial charge in [-0.25, -0.2) is 0 Å². The summed E-state index contributed by atoms with van der Waals surface area (Å²) in [6, 6.07) is 7.53. The third-order valence-electron chi connectivity index (χ3n) is 7.83. The number of hydrogen-bond donors (Lipinski definition) is 4. The van der Waals surface area contributed by atoms with Crippen molar-refractivity contribution in [1.29, 1.82) is 0 Å². The number of nitrogens with one attached hydrogen (secondary N) is 3. The zero-order valence-electron chi connectivity index (χ0n) is 18.7. The first kappa shape index (κ1) is 20.5. The number of nitrogens with zero attached hydrogens (tertiary/aromatic N) is 1. The van der Waals surface area contributed by atoms with Gasteiger partial charge in [0.1, 0.15) is 25.4 Å². The number of aliphatic hydroxyl groups is 1. The Balaban J connectivity index is 1.23. The molecular formula is C25H40N4O+2. The van der Waals surface area contributed by atoms with Crippen LogP contribution in [0.3, 0.4) is 0 Å². The van der Waals surface area contributed by atoms with Gasteiger partial charge in [0.15, 0.2) is 0 Å². The maximum absolute atomic E-state index is 10.8. The molecule has 0 amide bonds. The van der Waals surface area contributed by atoms with E-state index in [-0.39, 0.29) is 6.10 Å². The van der Waals surface area contributed by atoms with Gasteiger partial charge in [0.2, 0.25) is 0 Å². The Labute approximate surface area is 181 Å². The van der Waals surface area contributed by atoms with Gasteiger partial charge in [0.05, 0.1) is 31.9 Å².